The molecule has 0 saturated carbocycles. The summed E-state index contributed by atoms with van der Waals surface area (Å²) in [7, 11) is 0. The van der Waals surface area contributed by atoms with Crippen LogP contribution >= 0.6 is 0 Å². The van der Waals surface area contributed by atoms with Gasteiger partial charge >= 0.3 is 0 Å². The second-order valence-electron chi connectivity index (χ2n) is 12.8. The number of para-hydroxylation sites is 2. The molecule has 1 aliphatic rings. The lowest BCUT2D eigenvalue weighted by Gasteiger charge is -2.34. The third-order valence-electron chi connectivity index (χ3n) is 10.4. The van der Waals surface area contributed by atoms with E-state index in [1.807, 2.05) is 12.1 Å². The summed E-state index contributed by atoms with van der Waals surface area (Å²) < 4.78 is 6.48. The molecule has 0 saturated heterocycles. The molecule has 0 radical (unpaired) electrons. The van der Waals surface area contributed by atoms with E-state index in [1.54, 1.807) is 0 Å². The summed E-state index contributed by atoms with van der Waals surface area (Å²) >= 11 is 0. The molecule has 0 amide bonds. The zero-order valence-corrected chi connectivity index (χ0v) is 26.8. The molecule has 0 spiro atoms. The van der Waals surface area contributed by atoms with Crippen LogP contribution in [0.25, 0.3) is 43.8 Å². The van der Waals surface area contributed by atoms with Gasteiger partial charge in [-0.15, -0.1) is 0 Å². The van der Waals surface area contributed by atoms with Gasteiger partial charge in [0.05, 0.1) is 11.1 Å². The van der Waals surface area contributed by atoms with Crippen LogP contribution in [-0.4, -0.2) is 0 Å². The van der Waals surface area contributed by atoms with Crippen molar-refractivity contribution in [1.82, 2.24) is 0 Å². The van der Waals surface area contributed by atoms with Crippen molar-refractivity contribution in [3.05, 3.63) is 210 Å². The Bertz CT molecular complexity index is 2610. The summed E-state index contributed by atoms with van der Waals surface area (Å²) in [5.41, 5.74) is 12.4. The lowest BCUT2D eigenvalue weighted by Crippen LogP contribution is -2.28. The van der Waals surface area contributed by atoms with Gasteiger partial charge in [-0.25, -0.2) is 0 Å². The van der Waals surface area contributed by atoms with E-state index in [9.17, 15) is 0 Å². The third kappa shape index (κ3) is 4.01. The molecule has 10 rings (SSSR count). The van der Waals surface area contributed by atoms with E-state index in [2.05, 4.69) is 181 Å². The van der Waals surface area contributed by atoms with Crippen LogP contribution in [0.2, 0.25) is 0 Å². The first-order chi connectivity index (χ1) is 24.3. The van der Waals surface area contributed by atoms with E-state index in [4.69, 9.17) is 4.42 Å². The van der Waals surface area contributed by atoms with E-state index >= 15 is 0 Å². The van der Waals surface area contributed by atoms with Gasteiger partial charge in [0, 0.05) is 32.9 Å². The molecule has 8 aromatic carbocycles. The van der Waals surface area contributed by atoms with Gasteiger partial charge in [-0.3, -0.25) is 0 Å². The second kappa shape index (κ2) is 10.8. The zero-order valence-electron chi connectivity index (χ0n) is 26.8. The fourth-order valence-corrected chi connectivity index (χ4v) is 8.30. The minimum Gasteiger partial charge on any atom is -0.455 e. The Morgan fingerprint density at radius 3 is 1.63 bits per heavy atom. The van der Waals surface area contributed by atoms with Gasteiger partial charge in [0.15, 0.2) is 0 Å². The van der Waals surface area contributed by atoms with Crippen LogP contribution in [0.15, 0.2) is 192 Å². The number of furan rings is 1. The third-order valence-corrected chi connectivity index (χ3v) is 10.4. The molecule has 1 heterocycles. The lowest BCUT2D eigenvalue weighted by molar-refractivity contribution is 0.672. The van der Waals surface area contributed by atoms with Gasteiger partial charge < -0.3 is 9.32 Å². The summed E-state index contributed by atoms with van der Waals surface area (Å²) in [5.74, 6) is 0. The van der Waals surface area contributed by atoms with Crippen molar-refractivity contribution in [2.45, 2.75) is 5.41 Å². The molecule has 9 aromatic rings. The van der Waals surface area contributed by atoms with Crippen molar-refractivity contribution in [2.75, 3.05) is 4.90 Å². The van der Waals surface area contributed by atoms with Crippen LogP contribution in [0.5, 0.6) is 0 Å². The minimum atomic E-state index is -0.434. The quantitative estimate of drug-likeness (QED) is 0.189. The van der Waals surface area contributed by atoms with Crippen LogP contribution in [0.3, 0.4) is 0 Å². The Kier molecular flexibility index (Phi) is 6.13. The van der Waals surface area contributed by atoms with E-state index in [1.165, 1.54) is 33.4 Å². The van der Waals surface area contributed by atoms with Gasteiger partial charge in [-0.1, -0.05) is 146 Å². The van der Waals surface area contributed by atoms with Gasteiger partial charge in [-0.05, 0) is 75.8 Å². The second-order valence-corrected chi connectivity index (χ2v) is 12.8. The highest BCUT2D eigenvalue weighted by molar-refractivity contribution is 6.17. The van der Waals surface area contributed by atoms with Gasteiger partial charge in [-0.2, -0.15) is 0 Å². The fraction of sp³-hybridized carbons (Fsp3) is 0.0213. The number of anilines is 3. The summed E-state index contributed by atoms with van der Waals surface area (Å²) in [4.78, 5) is 2.37. The molecule has 0 aliphatic heterocycles. The number of hydrogen-bond donors (Lipinski definition) is 0. The zero-order chi connectivity index (χ0) is 32.4. The van der Waals surface area contributed by atoms with Crippen LogP contribution in [-0.2, 0) is 5.41 Å². The molecule has 0 bridgehead atoms. The summed E-state index contributed by atoms with van der Waals surface area (Å²) in [6, 6.07) is 67.9. The molecular weight excluding hydrogens is 595 g/mol. The lowest BCUT2D eigenvalue weighted by atomic mass is 9.68. The Balaban J connectivity index is 1.19. The van der Waals surface area contributed by atoms with Gasteiger partial charge in [0.2, 0.25) is 0 Å². The number of rotatable bonds is 5. The number of fused-ring (bicyclic) bond motifs is 8. The van der Waals surface area contributed by atoms with E-state index in [0.717, 1.165) is 49.8 Å². The van der Waals surface area contributed by atoms with E-state index in [-0.39, 0.29) is 0 Å². The first kappa shape index (κ1) is 27.7. The number of nitrogens with zero attached hydrogens (tertiary/aromatic N) is 1. The largest absolute Gasteiger partial charge is 0.455 e. The molecule has 49 heavy (non-hydrogen) atoms. The molecule has 0 unspecified atom stereocenters. The monoisotopic (exact) mass is 625 g/mol. The van der Waals surface area contributed by atoms with Crippen molar-refractivity contribution >= 4 is 49.8 Å². The Morgan fingerprint density at radius 1 is 0.367 bits per heavy atom. The van der Waals surface area contributed by atoms with Crippen LogP contribution in [0.1, 0.15) is 22.3 Å². The van der Waals surface area contributed by atoms with Crippen molar-refractivity contribution in [3.8, 4) is 11.1 Å². The van der Waals surface area contributed by atoms with Crippen molar-refractivity contribution in [2.24, 2.45) is 0 Å². The highest BCUT2D eigenvalue weighted by Crippen LogP contribution is 2.56. The normalized spacial score (nSPS) is 13.1. The molecule has 230 valence electrons. The van der Waals surface area contributed by atoms with Crippen molar-refractivity contribution < 1.29 is 4.42 Å². The van der Waals surface area contributed by atoms with Gasteiger partial charge in [0.25, 0.3) is 0 Å². The molecule has 2 nitrogen and oxygen atoms in total. The predicted molar refractivity (Wildman–Crippen MR) is 203 cm³/mol. The maximum Gasteiger partial charge on any atom is 0.143 e. The smallest absolute Gasteiger partial charge is 0.143 e. The first-order valence-corrected chi connectivity index (χ1v) is 16.9. The highest BCUT2D eigenvalue weighted by atomic mass is 16.3. The van der Waals surface area contributed by atoms with Gasteiger partial charge in [0.1, 0.15) is 11.2 Å². The maximum absolute atomic E-state index is 6.48. The van der Waals surface area contributed by atoms with Crippen LogP contribution < -0.4 is 4.90 Å². The minimum absolute atomic E-state index is 0.434. The van der Waals surface area contributed by atoms with Crippen molar-refractivity contribution in [3.63, 3.8) is 0 Å². The standard InChI is InChI=1S/C47H31NO/c1-3-14-32(15-4-1)47(42-22-10-7-18-36(42)37-19-8-11-23-43(37)47)33-26-28-35(29-27-33)48(34-16-5-2-6-17-34)44-24-13-21-40-38(44)30-31-41-39-20-9-12-25-45(39)49-46(40)41/h1-31H. The molecule has 2 heteroatoms. The molecule has 0 atom stereocenters. The predicted octanol–water partition coefficient (Wildman–Crippen LogP) is 12.6. The Labute approximate surface area is 285 Å². The Morgan fingerprint density at radius 2 is 0.898 bits per heavy atom. The molecular formula is C47H31NO. The van der Waals surface area contributed by atoms with E-state index in [0.29, 0.717) is 0 Å². The average Bonchev–Trinajstić information content (AvgIpc) is 3.71. The molecule has 1 aromatic heterocycles. The topological polar surface area (TPSA) is 16.4 Å². The molecule has 0 fully saturated rings. The SMILES string of the molecule is c1ccc(N(c2ccc(C3(c4ccccc4)c4ccccc4-c4ccccc43)cc2)c2cccc3c2ccc2c4ccccc4oc32)cc1. The van der Waals surface area contributed by atoms with Crippen LogP contribution in [0, 0.1) is 0 Å². The summed E-state index contributed by atoms with van der Waals surface area (Å²) in [6.07, 6.45) is 0. The number of hydrogen-bond acceptors (Lipinski definition) is 2. The summed E-state index contributed by atoms with van der Waals surface area (Å²) in [6.45, 7) is 0. The maximum atomic E-state index is 6.48. The highest BCUT2D eigenvalue weighted by Gasteiger charge is 2.45. The molecule has 1 aliphatic carbocycles. The summed E-state index contributed by atoms with van der Waals surface area (Å²) in [5, 5.41) is 4.52. The molecule has 0 N–H and O–H groups in total. The first-order valence-electron chi connectivity index (χ1n) is 16.9. The number of benzene rings is 8. The Hall–Kier alpha value is -6.38. The van der Waals surface area contributed by atoms with E-state index < -0.39 is 5.41 Å². The fourth-order valence-electron chi connectivity index (χ4n) is 8.30. The van der Waals surface area contributed by atoms with Crippen LogP contribution in [0.4, 0.5) is 17.1 Å². The average molecular weight is 626 g/mol. The van der Waals surface area contributed by atoms with Crippen molar-refractivity contribution in [1.29, 1.82) is 0 Å².